The molecule has 4 heteroatoms. The van der Waals surface area contributed by atoms with E-state index < -0.39 is 0 Å². The third kappa shape index (κ3) is 3.03. The molecule has 0 spiro atoms. The van der Waals surface area contributed by atoms with Crippen LogP contribution in [0.3, 0.4) is 0 Å². The van der Waals surface area contributed by atoms with E-state index in [0.717, 1.165) is 25.3 Å². The molecule has 0 saturated heterocycles. The summed E-state index contributed by atoms with van der Waals surface area (Å²) < 4.78 is 8.30. The molecule has 0 saturated carbocycles. The summed E-state index contributed by atoms with van der Waals surface area (Å²) >= 11 is 0. The average Bonchev–Trinajstić information content (AvgIpc) is 2.78. The molecule has 0 aliphatic carbocycles. The second-order valence-electron chi connectivity index (χ2n) is 5.10. The number of hydrogen-bond donors (Lipinski definition) is 0. The van der Waals surface area contributed by atoms with Gasteiger partial charge in [-0.05, 0) is 31.3 Å². The van der Waals surface area contributed by atoms with Crippen LogP contribution in [0.2, 0.25) is 0 Å². The van der Waals surface area contributed by atoms with E-state index in [1.807, 2.05) is 24.4 Å². The normalized spacial score (nSPS) is 19.9. The van der Waals surface area contributed by atoms with Gasteiger partial charge in [0.2, 0.25) is 0 Å². The van der Waals surface area contributed by atoms with Crippen molar-refractivity contribution in [3.8, 4) is 0 Å². The van der Waals surface area contributed by atoms with Crippen molar-refractivity contribution in [3.63, 3.8) is 0 Å². The van der Waals surface area contributed by atoms with E-state index in [2.05, 4.69) is 39.8 Å². The molecule has 3 rings (SSSR count). The molecule has 2 aromatic heterocycles. The lowest BCUT2D eigenvalue weighted by Crippen LogP contribution is -2.30. The van der Waals surface area contributed by atoms with Gasteiger partial charge in [0.05, 0.1) is 18.4 Å². The van der Waals surface area contributed by atoms with E-state index >= 15 is 0 Å². The maximum atomic E-state index is 6.02. The summed E-state index contributed by atoms with van der Waals surface area (Å²) in [4.78, 5) is 6.60. The number of ether oxygens (including phenoxy) is 1. The number of rotatable bonds is 3. The first-order chi connectivity index (χ1) is 9.31. The lowest BCUT2D eigenvalue weighted by Gasteiger charge is -2.20. The Morgan fingerprint density at radius 2 is 2.21 bits per heavy atom. The highest BCUT2D eigenvalue weighted by atomic mass is 16.5. The van der Waals surface area contributed by atoms with Crippen LogP contribution >= 0.6 is 0 Å². The Balaban J connectivity index is 1.65. The SMILES string of the molecule is CN1Cc2cccn2CC(OCc2ccccn2)C1. The number of fused-ring (bicyclic) bond motifs is 1. The smallest absolute Gasteiger partial charge is 0.0893 e. The molecular formula is C15H19N3O. The maximum Gasteiger partial charge on any atom is 0.0893 e. The number of hydrogen-bond acceptors (Lipinski definition) is 3. The van der Waals surface area contributed by atoms with Gasteiger partial charge < -0.3 is 9.30 Å². The highest BCUT2D eigenvalue weighted by Gasteiger charge is 2.19. The van der Waals surface area contributed by atoms with Gasteiger partial charge in [-0.1, -0.05) is 6.07 Å². The average molecular weight is 257 g/mol. The van der Waals surface area contributed by atoms with Crippen molar-refractivity contribution in [2.45, 2.75) is 25.8 Å². The fraction of sp³-hybridized carbons (Fsp3) is 0.400. The molecule has 2 aromatic rings. The van der Waals surface area contributed by atoms with Gasteiger partial charge in [0.1, 0.15) is 0 Å². The van der Waals surface area contributed by atoms with E-state index in [1.54, 1.807) is 0 Å². The summed E-state index contributed by atoms with van der Waals surface area (Å²) in [5, 5.41) is 0. The van der Waals surface area contributed by atoms with Crippen molar-refractivity contribution in [2.24, 2.45) is 0 Å². The third-order valence-electron chi connectivity index (χ3n) is 3.46. The molecule has 0 aromatic carbocycles. The molecule has 0 fully saturated rings. The van der Waals surface area contributed by atoms with E-state index in [4.69, 9.17) is 4.74 Å². The second-order valence-corrected chi connectivity index (χ2v) is 5.10. The lowest BCUT2D eigenvalue weighted by atomic mass is 10.3. The highest BCUT2D eigenvalue weighted by molar-refractivity contribution is 5.08. The van der Waals surface area contributed by atoms with Gasteiger partial charge in [0.15, 0.2) is 0 Å². The number of aromatic nitrogens is 2. The van der Waals surface area contributed by atoms with Crippen molar-refractivity contribution in [3.05, 3.63) is 54.1 Å². The van der Waals surface area contributed by atoms with Crippen LogP contribution in [0.15, 0.2) is 42.7 Å². The zero-order valence-electron chi connectivity index (χ0n) is 11.2. The van der Waals surface area contributed by atoms with Gasteiger partial charge in [-0.3, -0.25) is 9.88 Å². The minimum Gasteiger partial charge on any atom is -0.369 e. The highest BCUT2D eigenvalue weighted by Crippen LogP contribution is 2.14. The minimum atomic E-state index is 0.209. The molecule has 0 N–H and O–H groups in total. The fourth-order valence-corrected chi connectivity index (χ4v) is 2.53. The molecule has 0 radical (unpaired) electrons. The van der Waals surface area contributed by atoms with Crippen LogP contribution in [0.1, 0.15) is 11.4 Å². The zero-order chi connectivity index (χ0) is 13.1. The molecule has 1 unspecified atom stereocenters. The molecular weight excluding hydrogens is 238 g/mol. The van der Waals surface area contributed by atoms with E-state index in [0.29, 0.717) is 6.61 Å². The van der Waals surface area contributed by atoms with Gasteiger partial charge in [-0.2, -0.15) is 0 Å². The molecule has 0 bridgehead atoms. The van der Waals surface area contributed by atoms with Crippen molar-refractivity contribution >= 4 is 0 Å². The summed E-state index contributed by atoms with van der Waals surface area (Å²) in [6.07, 6.45) is 4.15. The van der Waals surface area contributed by atoms with Crippen LogP contribution in [-0.4, -0.2) is 34.1 Å². The quantitative estimate of drug-likeness (QED) is 0.841. The molecule has 1 atom stereocenters. The topological polar surface area (TPSA) is 30.3 Å². The standard InChI is InChI=1S/C15H19N3O/c1-17-9-14-6-4-8-18(14)11-15(10-17)19-12-13-5-2-3-7-16-13/h2-8,15H,9-12H2,1H3. The van der Waals surface area contributed by atoms with E-state index in [9.17, 15) is 0 Å². The monoisotopic (exact) mass is 257 g/mol. The van der Waals surface area contributed by atoms with Gasteiger partial charge in [-0.15, -0.1) is 0 Å². The van der Waals surface area contributed by atoms with Gasteiger partial charge >= 0.3 is 0 Å². The lowest BCUT2D eigenvalue weighted by molar-refractivity contribution is 0.0132. The van der Waals surface area contributed by atoms with Crippen LogP contribution < -0.4 is 0 Å². The predicted octanol–water partition coefficient (Wildman–Crippen LogP) is 1.91. The molecule has 1 aliphatic heterocycles. The van der Waals surface area contributed by atoms with Gasteiger partial charge in [0.25, 0.3) is 0 Å². The van der Waals surface area contributed by atoms with Crippen molar-refractivity contribution in [1.82, 2.24) is 14.5 Å². The zero-order valence-corrected chi connectivity index (χ0v) is 11.2. The summed E-state index contributed by atoms with van der Waals surface area (Å²) in [6, 6.07) is 10.2. The van der Waals surface area contributed by atoms with Gasteiger partial charge in [0, 0.05) is 37.7 Å². The van der Waals surface area contributed by atoms with Crippen LogP contribution in [0.4, 0.5) is 0 Å². The first-order valence-electron chi connectivity index (χ1n) is 6.65. The summed E-state index contributed by atoms with van der Waals surface area (Å²) in [5.41, 5.74) is 2.34. The molecule has 4 nitrogen and oxygen atoms in total. The van der Waals surface area contributed by atoms with Crippen LogP contribution in [0.5, 0.6) is 0 Å². The Hall–Kier alpha value is -1.65. The molecule has 0 amide bonds. The summed E-state index contributed by atoms with van der Waals surface area (Å²) in [5.74, 6) is 0. The molecule has 1 aliphatic rings. The molecule has 19 heavy (non-hydrogen) atoms. The van der Waals surface area contributed by atoms with Crippen molar-refractivity contribution < 1.29 is 4.74 Å². The second kappa shape index (κ2) is 5.55. The first-order valence-corrected chi connectivity index (χ1v) is 6.65. The van der Waals surface area contributed by atoms with Gasteiger partial charge in [-0.25, -0.2) is 0 Å². The van der Waals surface area contributed by atoms with Crippen molar-refractivity contribution in [2.75, 3.05) is 13.6 Å². The Labute approximate surface area is 113 Å². The minimum absolute atomic E-state index is 0.209. The number of nitrogens with zero attached hydrogens (tertiary/aromatic N) is 3. The Morgan fingerprint density at radius 3 is 3.05 bits per heavy atom. The van der Waals surface area contributed by atoms with Crippen LogP contribution in [0.25, 0.3) is 0 Å². The summed E-state index contributed by atoms with van der Waals surface area (Å²) in [6.45, 7) is 3.43. The van der Waals surface area contributed by atoms with Crippen LogP contribution in [0, 0.1) is 0 Å². The van der Waals surface area contributed by atoms with Crippen molar-refractivity contribution in [1.29, 1.82) is 0 Å². The third-order valence-corrected chi connectivity index (χ3v) is 3.46. The molecule has 3 heterocycles. The summed E-state index contributed by atoms with van der Waals surface area (Å²) in [7, 11) is 2.14. The largest absolute Gasteiger partial charge is 0.369 e. The number of likely N-dealkylation sites (N-methyl/N-ethyl adjacent to an activating group) is 1. The number of pyridine rings is 1. The van der Waals surface area contributed by atoms with Crippen LogP contribution in [-0.2, 0) is 24.4 Å². The Bertz CT molecular complexity index is 523. The molecule has 100 valence electrons. The fourth-order valence-electron chi connectivity index (χ4n) is 2.53. The Morgan fingerprint density at radius 1 is 1.26 bits per heavy atom. The first kappa shape index (κ1) is 12.4. The maximum absolute atomic E-state index is 6.02. The van der Waals surface area contributed by atoms with E-state index in [-0.39, 0.29) is 6.10 Å². The van der Waals surface area contributed by atoms with E-state index in [1.165, 1.54) is 5.69 Å². The predicted molar refractivity (Wildman–Crippen MR) is 73.6 cm³/mol. The Kier molecular flexibility index (Phi) is 3.62.